The van der Waals surface area contributed by atoms with Crippen molar-refractivity contribution in [3.63, 3.8) is 0 Å². The maximum absolute atomic E-state index is 12.9. The van der Waals surface area contributed by atoms with Crippen LogP contribution in [0.5, 0.6) is 0 Å². The van der Waals surface area contributed by atoms with Crippen LogP contribution >= 0.6 is 0 Å². The molecule has 0 atom stereocenters. The van der Waals surface area contributed by atoms with Crippen molar-refractivity contribution in [2.24, 2.45) is 4.99 Å². The molecule has 1 amide bonds. The summed E-state index contributed by atoms with van der Waals surface area (Å²) in [5.74, 6) is -1.69. The minimum Gasteiger partial charge on any atom is -0.507 e. The molecule has 0 saturated carbocycles. The summed E-state index contributed by atoms with van der Waals surface area (Å²) in [6.07, 6.45) is 4.07. The summed E-state index contributed by atoms with van der Waals surface area (Å²) < 4.78 is 17.6. The van der Waals surface area contributed by atoms with Crippen LogP contribution in [0.25, 0.3) is 6.08 Å². The molecular weight excluding hydrogens is 363 g/mol. The molecule has 0 aliphatic carbocycles. The van der Waals surface area contributed by atoms with Gasteiger partial charge in [-0.2, -0.15) is 0 Å². The number of aliphatic hydroxyl groups excluding tert-OH is 1. The number of methoxy groups -OCH3 is 1. The van der Waals surface area contributed by atoms with E-state index >= 15 is 0 Å². The van der Waals surface area contributed by atoms with Gasteiger partial charge in [-0.15, -0.1) is 0 Å². The second-order valence-electron chi connectivity index (χ2n) is 5.66. The topological polar surface area (TPSA) is 88.0 Å². The number of esters is 1. The maximum Gasteiger partial charge on any atom is 0.343 e. The number of aliphatic hydroxyl groups is 1. The minimum absolute atomic E-state index is 0.155. The molecule has 0 unspecified atom stereocenters. The zero-order valence-electron chi connectivity index (χ0n) is 15.3. The number of carbonyl (C=O) groups is 2. The van der Waals surface area contributed by atoms with Gasteiger partial charge in [0.2, 0.25) is 5.91 Å². The lowest BCUT2D eigenvalue weighted by Crippen LogP contribution is -2.08. The molecule has 0 spiro atoms. The Balaban J connectivity index is 2.22. The monoisotopic (exact) mass is 382 g/mol. The molecule has 0 radical (unpaired) electrons. The standard InChI is InChI=1S/C21H19FN2O4/c1-14(25)24-18-8-3-15(4-9-18)5-12-20(26)19(21(27)28-2)13-23-17-10-6-16(22)7-11-17/h3-13,26H,1-2H3,(H,24,25). The number of carbonyl (C=O) groups excluding carboxylic acids is 2. The summed E-state index contributed by atoms with van der Waals surface area (Å²) in [5, 5.41) is 12.9. The number of hydrogen-bond donors (Lipinski definition) is 2. The van der Waals surface area contributed by atoms with Gasteiger partial charge in [-0.1, -0.05) is 18.2 Å². The molecule has 2 rings (SSSR count). The highest BCUT2D eigenvalue weighted by molar-refractivity contribution is 6.10. The molecule has 28 heavy (non-hydrogen) atoms. The zero-order valence-corrected chi connectivity index (χ0v) is 15.3. The average Bonchev–Trinajstić information content (AvgIpc) is 2.68. The van der Waals surface area contributed by atoms with Gasteiger partial charge in [0, 0.05) is 18.8 Å². The van der Waals surface area contributed by atoms with Crippen LogP contribution in [-0.4, -0.2) is 30.3 Å². The molecule has 0 bridgehead atoms. The fourth-order valence-corrected chi connectivity index (χ4v) is 2.15. The summed E-state index contributed by atoms with van der Waals surface area (Å²) in [5.41, 5.74) is 1.64. The van der Waals surface area contributed by atoms with Gasteiger partial charge in [0.1, 0.15) is 17.1 Å². The number of ether oxygens (including phenoxy) is 1. The van der Waals surface area contributed by atoms with E-state index in [0.717, 1.165) is 11.8 Å². The first-order valence-corrected chi connectivity index (χ1v) is 8.26. The van der Waals surface area contributed by atoms with Crippen LogP contribution in [0.3, 0.4) is 0 Å². The number of amides is 1. The van der Waals surface area contributed by atoms with E-state index in [1.54, 1.807) is 30.3 Å². The largest absolute Gasteiger partial charge is 0.507 e. The number of anilines is 1. The zero-order chi connectivity index (χ0) is 20.5. The summed E-state index contributed by atoms with van der Waals surface area (Å²) in [7, 11) is 1.19. The Morgan fingerprint density at radius 2 is 1.75 bits per heavy atom. The van der Waals surface area contributed by atoms with Gasteiger partial charge in [0.15, 0.2) is 0 Å². The van der Waals surface area contributed by atoms with E-state index in [1.165, 1.54) is 44.4 Å². The van der Waals surface area contributed by atoms with Crippen LogP contribution < -0.4 is 5.32 Å². The lowest BCUT2D eigenvalue weighted by molar-refractivity contribution is -0.135. The number of rotatable bonds is 6. The van der Waals surface area contributed by atoms with Crippen LogP contribution in [0.4, 0.5) is 15.8 Å². The number of halogens is 1. The maximum atomic E-state index is 12.9. The Hall–Kier alpha value is -3.74. The van der Waals surface area contributed by atoms with Crippen molar-refractivity contribution in [3.05, 3.63) is 77.3 Å². The lowest BCUT2D eigenvalue weighted by atomic mass is 10.1. The Bertz CT molecular complexity index is 930. The second-order valence-corrected chi connectivity index (χ2v) is 5.66. The van der Waals surface area contributed by atoms with Gasteiger partial charge in [-0.3, -0.25) is 9.79 Å². The van der Waals surface area contributed by atoms with Crippen LogP contribution in [-0.2, 0) is 14.3 Å². The Morgan fingerprint density at radius 3 is 2.32 bits per heavy atom. The fraction of sp³-hybridized carbons (Fsp3) is 0.0952. The molecule has 2 aromatic rings. The normalized spacial score (nSPS) is 12.1. The number of nitrogens with one attached hydrogen (secondary N) is 1. The Morgan fingerprint density at radius 1 is 1.11 bits per heavy atom. The summed E-state index contributed by atoms with van der Waals surface area (Å²) >= 11 is 0. The molecule has 144 valence electrons. The third-order valence-corrected chi connectivity index (χ3v) is 3.52. The van der Waals surface area contributed by atoms with Crippen molar-refractivity contribution < 1.29 is 23.8 Å². The van der Waals surface area contributed by atoms with Crippen LogP contribution in [0.2, 0.25) is 0 Å². The summed E-state index contributed by atoms with van der Waals surface area (Å²) in [6, 6.07) is 12.2. The van der Waals surface area contributed by atoms with Crippen molar-refractivity contribution in [1.29, 1.82) is 0 Å². The molecule has 6 nitrogen and oxygen atoms in total. The van der Waals surface area contributed by atoms with Crippen molar-refractivity contribution in [1.82, 2.24) is 0 Å². The number of nitrogens with zero attached hydrogens (tertiary/aromatic N) is 1. The van der Waals surface area contributed by atoms with Gasteiger partial charge in [0.25, 0.3) is 0 Å². The summed E-state index contributed by atoms with van der Waals surface area (Å²) in [6.45, 7) is 1.42. The van der Waals surface area contributed by atoms with Crippen molar-refractivity contribution >= 4 is 35.5 Å². The third-order valence-electron chi connectivity index (χ3n) is 3.52. The lowest BCUT2D eigenvalue weighted by Gasteiger charge is -2.03. The highest BCUT2D eigenvalue weighted by Crippen LogP contribution is 2.15. The van der Waals surface area contributed by atoms with Crippen LogP contribution in [0.1, 0.15) is 12.5 Å². The molecule has 0 aliphatic rings. The quantitative estimate of drug-likeness (QED) is 0.258. The van der Waals surface area contributed by atoms with Gasteiger partial charge in [0.05, 0.1) is 12.8 Å². The molecule has 0 aromatic heterocycles. The van der Waals surface area contributed by atoms with Crippen LogP contribution in [0, 0.1) is 5.82 Å². The Labute approximate surface area is 161 Å². The molecule has 2 aromatic carbocycles. The minimum atomic E-state index is -0.769. The predicted molar refractivity (Wildman–Crippen MR) is 106 cm³/mol. The van der Waals surface area contributed by atoms with Gasteiger partial charge in [-0.25, -0.2) is 9.18 Å². The van der Waals surface area contributed by atoms with Crippen molar-refractivity contribution in [2.45, 2.75) is 6.92 Å². The molecular formula is C21H19FN2O4. The van der Waals surface area contributed by atoms with E-state index in [0.29, 0.717) is 11.4 Å². The van der Waals surface area contributed by atoms with Gasteiger partial charge in [-0.05, 0) is 48.0 Å². The highest BCUT2D eigenvalue weighted by Gasteiger charge is 2.12. The van der Waals surface area contributed by atoms with E-state index in [-0.39, 0.29) is 17.2 Å². The highest BCUT2D eigenvalue weighted by atomic mass is 19.1. The smallest absolute Gasteiger partial charge is 0.343 e. The third kappa shape index (κ3) is 6.21. The predicted octanol–water partition coefficient (Wildman–Crippen LogP) is 4.18. The second kappa shape index (κ2) is 9.82. The number of aliphatic imine (C=N–C) groups is 1. The van der Waals surface area contributed by atoms with E-state index in [2.05, 4.69) is 15.0 Å². The van der Waals surface area contributed by atoms with E-state index in [1.807, 2.05) is 0 Å². The summed E-state index contributed by atoms with van der Waals surface area (Å²) in [4.78, 5) is 27.0. The van der Waals surface area contributed by atoms with E-state index in [9.17, 15) is 19.1 Å². The number of allylic oxidation sites excluding steroid dienone is 1. The fourth-order valence-electron chi connectivity index (χ4n) is 2.15. The molecule has 2 N–H and O–H groups in total. The number of benzene rings is 2. The SMILES string of the molecule is COC(=O)C(C=Nc1ccc(F)cc1)=C(O)C=Cc1ccc(NC(C)=O)cc1. The van der Waals surface area contributed by atoms with Gasteiger partial charge < -0.3 is 15.2 Å². The van der Waals surface area contributed by atoms with E-state index in [4.69, 9.17) is 0 Å². The van der Waals surface area contributed by atoms with E-state index < -0.39 is 11.8 Å². The van der Waals surface area contributed by atoms with Crippen LogP contribution in [0.15, 0.2) is 70.9 Å². The van der Waals surface area contributed by atoms with Crippen molar-refractivity contribution in [2.75, 3.05) is 12.4 Å². The first-order chi connectivity index (χ1) is 13.4. The Kier molecular flexibility index (Phi) is 7.21. The molecule has 0 aliphatic heterocycles. The molecule has 7 heteroatoms. The molecule has 0 saturated heterocycles. The first-order valence-electron chi connectivity index (χ1n) is 8.26. The number of hydrogen-bond acceptors (Lipinski definition) is 5. The van der Waals surface area contributed by atoms with Crippen molar-refractivity contribution in [3.8, 4) is 0 Å². The van der Waals surface area contributed by atoms with Gasteiger partial charge >= 0.3 is 5.97 Å². The molecule has 0 fully saturated rings. The molecule has 0 heterocycles. The average molecular weight is 382 g/mol. The first kappa shape index (κ1) is 20.6.